The summed E-state index contributed by atoms with van der Waals surface area (Å²) in [4.78, 5) is 15.3. The Balaban J connectivity index is 2.10. The molecule has 0 atom stereocenters. The van der Waals surface area contributed by atoms with Crippen LogP contribution in [0.3, 0.4) is 0 Å². The minimum Gasteiger partial charge on any atom is -0.497 e. The zero-order chi connectivity index (χ0) is 17.1. The zero-order valence-corrected chi connectivity index (χ0v) is 13.1. The Kier molecular flexibility index (Phi) is 4.20. The smallest absolute Gasteiger partial charge is 0.392 e. The molecule has 0 aliphatic carbocycles. The summed E-state index contributed by atoms with van der Waals surface area (Å²) in [5.41, 5.74) is 1.90. The van der Waals surface area contributed by atoms with Gasteiger partial charge in [0.15, 0.2) is 5.76 Å². The second-order valence-electron chi connectivity index (χ2n) is 4.96. The fourth-order valence-corrected chi connectivity index (χ4v) is 2.29. The van der Waals surface area contributed by atoms with Crippen LogP contribution in [-0.2, 0) is 0 Å². The molecule has 1 heterocycles. The number of carboxylic acid groups (broad SMARTS) is 1. The Labute approximate surface area is 138 Å². The number of benzene rings is 2. The first-order valence-electron chi connectivity index (χ1n) is 7.15. The van der Waals surface area contributed by atoms with E-state index in [1.807, 2.05) is 0 Å². The summed E-state index contributed by atoms with van der Waals surface area (Å²) < 4.78 is 15.7. The van der Waals surface area contributed by atoms with Crippen molar-refractivity contribution in [2.45, 2.75) is 0 Å². The molecule has 0 radical (unpaired) electrons. The third kappa shape index (κ3) is 2.94. The minimum absolute atomic E-state index is 0.355. The number of hydrogen-bond donors (Lipinski definition) is 1. The molecule has 0 amide bonds. The molecule has 1 aromatic heterocycles. The van der Waals surface area contributed by atoms with E-state index in [4.69, 9.17) is 13.9 Å². The number of carbonyl (C=O) groups is 1. The van der Waals surface area contributed by atoms with Gasteiger partial charge in [-0.1, -0.05) is 0 Å². The van der Waals surface area contributed by atoms with Crippen LogP contribution in [0.4, 0.5) is 0 Å². The third-order valence-electron chi connectivity index (χ3n) is 3.53. The largest absolute Gasteiger partial charge is 0.497 e. The van der Waals surface area contributed by atoms with Crippen molar-refractivity contribution in [2.24, 2.45) is 0 Å². The molecule has 0 aliphatic rings. The molecule has 2 aromatic carbocycles. The zero-order valence-electron chi connectivity index (χ0n) is 13.1. The molecule has 3 aromatic rings. The van der Waals surface area contributed by atoms with Gasteiger partial charge in [0.2, 0.25) is 0 Å². The van der Waals surface area contributed by atoms with Crippen LogP contribution in [-0.4, -0.2) is 30.3 Å². The van der Waals surface area contributed by atoms with Gasteiger partial charge in [0.25, 0.3) is 0 Å². The van der Waals surface area contributed by atoms with E-state index in [0.717, 1.165) is 5.56 Å². The standard InChI is InChI=1S/C18H15NO5/c1-22-13-7-3-11(4-8-13)15-16(24-17(19-15)18(20)21)12-5-9-14(23-2)10-6-12/h3-10H,1-2H3,(H,20,21). The van der Waals surface area contributed by atoms with Crippen LogP contribution in [0.5, 0.6) is 11.5 Å². The van der Waals surface area contributed by atoms with Crippen molar-refractivity contribution in [3.8, 4) is 34.1 Å². The number of hydrogen-bond acceptors (Lipinski definition) is 5. The molecular formula is C18H15NO5. The fourth-order valence-electron chi connectivity index (χ4n) is 2.29. The summed E-state index contributed by atoms with van der Waals surface area (Å²) in [6, 6.07) is 14.3. The summed E-state index contributed by atoms with van der Waals surface area (Å²) >= 11 is 0. The van der Waals surface area contributed by atoms with E-state index in [9.17, 15) is 9.90 Å². The number of nitrogens with zero attached hydrogens (tertiary/aromatic N) is 1. The summed E-state index contributed by atoms with van der Waals surface area (Å²) in [6.45, 7) is 0. The lowest BCUT2D eigenvalue weighted by molar-refractivity contribution is 0.0654. The second kappa shape index (κ2) is 6.45. The van der Waals surface area contributed by atoms with Gasteiger partial charge in [-0.05, 0) is 48.5 Å². The molecule has 24 heavy (non-hydrogen) atoms. The summed E-state index contributed by atoms with van der Waals surface area (Å²) in [6.07, 6.45) is 0. The lowest BCUT2D eigenvalue weighted by Crippen LogP contribution is -1.95. The Morgan fingerprint density at radius 3 is 1.88 bits per heavy atom. The van der Waals surface area contributed by atoms with E-state index in [-0.39, 0.29) is 5.89 Å². The van der Waals surface area contributed by atoms with Gasteiger partial charge in [-0.15, -0.1) is 0 Å². The third-order valence-corrected chi connectivity index (χ3v) is 3.53. The maximum Gasteiger partial charge on any atom is 0.392 e. The number of ether oxygens (including phenoxy) is 2. The van der Waals surface area contributed by atoms with Gasteiger partial charge in [-0.2, -0.15) is 0 Å². The van der Waals surface area contributed by atoms with Crippen molar-refractivity contribution in [1.29, 1.82) is 0 Å². The van der Waals surface area contributed by atoms with Crippen LogP contribution in [0.1, 0.15) is 10.7 Å². The first-order valence-corrected chi connectivity index (χ1v) is 7.15. The predicted molar refractivity (Wildman–Crippen MR) is 87.4 cm³/mol. The van der Waals surface area contributed by atoms with Crippen molar-refractivity contribution in [1.82, 2.24) is 4.98 Å². The first kappa shape index (κ1) is 15.6. The van der Waals surface area contributed by atoms with E-state index in [1.165, 1.54) is 0 Å². The maximum atomic E-state index is 11.2. The average molecular weight is 325 g/mol. The normalized spacial score (nSPS) is 10.4. The molecule has 0 aliphatic heterocycles. The van der Waals surface area contributed by atoms with Gasteiger partial charge in [0.05, 0.1) is 14.2 Å². The SMILES string of the molecule is COc1ccc(-c2nc(C(=O)O)oc2-c2ccc(OC)cc2)cc1. The Hall–Kier alpha value is -3.28. The highest BCUT2D eigenvalue weighted by molar-refractivity contribution is 5.86. The molecular weight excluding hydrogens is 310 g/mol. The van der Waals surface area contributed by atoms with Gasteiger partial charge in [0.1, 0.15) is 17.2 Å². The quantitative estimate of drug-likeness (QED) is 0.770. The number of carboxylic acids is 1. The van der Waals surface area contributed by atoms with Gasteiger partial charge in [0, 0.05) is 11.1 Å². The monoisotopic (exact) mass is 325 g/mol. The molecule has 122 valence electrons. The molecule has 6 heteroatoms. The van der Waals surface area contributed by atoms with Gasteiger partial charge in [-0.3, -0.25) is 0 Å². The van der Waals surface area contributed by atoms with Crippen molar-refractivity contribution in [2.75, 3.05) is 14.2 Å². The van der Waals surface area contributed by atoms with E-state index >= 15 is 0 Å². The molecule has 0 bridgehead atoms. The topological polar surface area (TPSA) is 81.8 Å². The molecule has 0 spiro atoms. The predicted octanol–water partition coefficient (Wildman–Crippen LogP) is 3.72. The summed E-state index contributed by atoms with van der Waals surface area (Å²) in [5, 5.41) is 9.18. The van der Waals surface area contributed by atoms with Crippen LogP contribution in [0.25, 0.3) is 22.6 Å². The molecule has 0 unspecified atom stereocenters. The van der Waals surface area contributed by atoms with Crippen molar-refractivity contribution >= 4 is 5.97 Å². The first-order chi connectivity index (χ1) is 11.6. The summed E-state index contributed by atoms with van der Waals surface area (Å²) in [5.74, 6) is 0.214. The van der Waals surface area contributed by atoms with Crippen LogP contribution < -0.4 is 9.47 Å². The Bertz CT molecular complexity index is 785. The number of oxazole rings is 1. The molecule has 3 rings (SSSR count). The van der Waals surface area contributed by atoms with Crippen LogP contribution in [0, 0.1) is 0 Å². The maximum absolute atomic E-state index is 11.2. The van der Waals surface area contributed by atoms with Crippen LogP contribution in [0.15, 0.2) is 52.9 Å². The average Bonchev–Trinajstić information content (AvgIpc) is 3.07. The molecule has 6 nitrogen and oxygen atoms in total. The van der Waals surface area contributed by atoms with Crippen molar-refractivity contribution in [3.05, 3.63) is 54.4 Å². The highest BCUT2D eigenvalue weighted by Crippen LogP contribution is 2.34. The van der Waals surface area contributed by atoms with Crippen molar-refractivity contribution in [3.63, 3.8) is 0 Å². The number of rotatable bonds is 5. The molecule has 0 saturated carbocycles. The lowest BCUT2D eigenvalue weighted by atomic mass is 10.1. The number of aromatic carboxylic acids is 1. The summed E-state index contributed by atoms with van der Waals surface area (Å²) in [7, 11) is 3.16. The lowest BCUT2D eigenvalue weighted by Gasteiger charge is -2.04. The van der Waals surface area contributed by atoms with Gasteiger partial charge >= 0.3 is 11.9 Å². The number of methoxy groups -OCH3 is 2. The van der Waals surface area contributed by atoms with Gasteiger partial charge in [-0.25, -0.2) is 9.78 Å². The van der Waals surface area contributed by atoms with Gasteiger partial charge < -0.3 is 19.0 Å². The van der Waals surface area contributed by atoms with E-state index < -0.39 is 5.97 Å². The van der Waals surface area contributed by atoms with E-state index in [0.29, 0.717) is 28.5 Å². The number of aromatic nitrogens is 1. The highest BCUT2D eigenvalue weighted by atomic mass is 16.5. The fraction of sp³-hybridized carbons (Fsp3) is 0.111. The van der Waals surface area contributed by atoms with Crippen molar-refractivity contribution < 1.29 is 23.8 Å². The molecule has 1 N–H and O–H groups in total. The van der Waals surface area contributed by atoms with E-state index in [1.54, 1.807) is 62.8 Å². The Morgan fingerprint density at radius 2 is 1.42 bits per heavy atom. The van der Waals surface area contributed by atoms with Crippen LogP contribution >= 0.6 is 0 Å². The molecule has 0 fully saturated rings. The highest BCUT2D eigenvalue weighted by Gasteiger charge is 2.20. The minimum atomic E-state index is -1.22. The Morgan fingerprint density at radius 1 is 0.917 bits per heavy atom. The molecule has 0 saturated heterocycles. The van der Waals surface area contributed by atoms with E-state index in [2.05, 4.69) is 4.98 Å². The van der Waals surface area contributed by atoms with Crippen LogP contribution in [0.2, 0.25) is 0 Å². The second-order valence-corrected chi connectivity index (χ2v) is 4.96.